The van der Waals surface area contributed by atoms with Crippen LogP contribution in [0.1, 0.15) is 19.8 Å². The summed E-state index contributed by atoms with van der Waals surface area (Å²) in [5.41, 5.74) is 0.112. The summed E-state index contributed by atoms with van der Waals surface area (Å²) in [5, 5.41) is 19.6. The second-order valence-corrected chi connectivity index (χ2v) is 7.06. The van der Waals surface area contributed by atoms with Crippen LogP contribution in [0.4, 0.5) is 0 Å². The molecule has 0 aliphatic heterocycles. The molecule has 0 bridgehead atoms. The number of H-pyrrole nitrogens is 1. The van der Waals surface area contributed by atoms with Gasteiger partial charge in [-0.15, -0.1) is 5.10 Å². The predicted molar refractivity (Wildman–Crippen MR) is 94.0 cm³/mol. The van der Waals surface area contributed by atoms with E-state index in [0.717, 1.165) is 24.2 Å². The van der Waals surface area contributed by atoms with Crippen molar-refractivity contribution in [2.75, 3.05) is 12.9 Å². The first-order chi connectivity index (χ1) is 12.0. The lowest BCUT2D eigenvalue weighted by molar-refractivity contribution is -0.119. The monoisotopic (exact) mass is 357 g/mol. The predicted octanol–water partition coefficient (Wildman–Crippen LogP) is 2.38. The maximum atomic E-state index is 12.1. The first-order valence-corrected chi connectivity index (χ1v) is 8.94. The Hall–Kier alpha value is -2.53. The quantitative estimate of drug-likeness (QED) is 0.737. The third-order valence-corrected chi connectivity index (χ3v) is 5.03. The standard InChI is InChI=1S/C17H19N5O2S/c1-17(10-18,12-5-6-12)20-14(23)9-25-16-19-15(21-22-16)11-3-7-13(24-2)8-4-11/h3-4,7-8,12H,5-6,9H2,1-2H3,(H,20,23)(H,19,21,22)/t17-/m0/s1. The molecule has 1 aliphatic carbocycles. The van der Waals surface area contributed by atoms with Gasteiger partial charge in [0.2, 0.25) is 11.1 Å². The summed E-state index contributed by atoms with van der Waals surface area (Å²) in [6.07, 6.45) is 1.98. The highest BCUT2D eigenvalue weighted by molar-refractivity contribution is 7.99. The Labute approximate surface area is 150 Å². The fourth-order valence-electron chi connectivity index (χ4n) is 2.53. The highest BCUT2D eigenvalue weighted by Gasteiger charge is 2.42. The van der Waals surface area contributed by atoms with Crippen LogP contribution in [0.5, 0.6) is 5.75 Å². The number of ether oxygens (including phenoxy) is 1. The summed E-state index contributed by atoms with van der Waals surface area (Å²) in [6, 6.07) is 9.67. The lowest BCUT2D eigenvalue weighted by Crippen LogP contribution is -2.47. The van der Waals surface area contributed by atoms with Gasteiger partial charge in [-0.1, -0.05) is 11.8 Å². The van der Waals surface area contributed by atoms with E-state index in [1.807, 2.05) is 24.3 Å². The third-order valence-electron chi connectivity index (χ3n) is 4.19. The maximum absolute atomic E-state index is 12.1. The van der Waals surface area contributed by atoms with Crippen LogP contribution in [0.15, 0.2) is 29.4 Å². The van der Waals surface area contributed by atoms with Crippen molar-refractivity contribution in [3.63, 3.8) is 0 Å². The van der Waals surface area contributed by atoms with Gasteiger partial charge >= 0.3 is 0 Å². The normalized spacial score (nSPS) is 15.9. The molecule has 0 spiro atoms. The molecule has 130 valence electrons. The largest absolute Gasteiger partial charge is 0.497 e. The van der Waals surface area contributed by atoms with E-state index in [4.69, 9.17) is 4.74 Å². The number of nitrogens with zero attached hydrogens (tertiary/aromatic N) is 3. The zero-order valence-corrected chi connectivity index (χ0v) is 14.9. The van der Waals surface area contributed by atoms with Crippen molar-refractivity contribution in [2.24, 2.45) is 5.92 Å². The van der Waals surface area contributed by atoms with Crippen molar-refractivity contribution >= 4 is 17.7 Å². The van der Waals surface area contributed by atoms with Crippen molar-refractivity contribution in [3.8, 4) is 23.2 Å². The van der Waals surface area contributed by atoms with Gasteiger partial charge in [-0.25, -0.2) is 4.98 Å². The van der Waals surface area contributed by atoms with Crippen molar-refractivity contribution in [1.82, 2.24) is 20.5 Å². The minimum atomic E-state index is -0.773. The van der Waals surface area contributed by atoms with Crippen LogP contribution in [0.25, 0.3) is 11.4 Å². The second kappa shape index (κ2) is 7.15. The number of hydrogen-bond donors (Lipinski definition) is 2. The molecule has 25 heavy (non-hydrogen) atoms. The Balaban J connectivity index is 1.56. The molecule has 1 aromatic heterocycles. The summed E-state index contributed by atoms with van der Waals surface area (Å²) in [6.45, 7) is 1.78. The fourth-order valence-corrected chi connectivity index (χ4v) is 3.13. The van der Waals surface area contributed by atoms with Gasteiger partial charge in [0.15, 0.2) is 5.82 Å². The average Bonchev–Trinajstić information content (AvgIpc) is 3.39. The van der Waals surface area contributed by atoms with Crippen LogP contribution in [0, 0.1) is 17.2 Å². The molecule has 2 N–H and O–H groups in total. The van der Waals surface area contributed by atoms with Gasteiger partial charge < -0.3 is 10.1 Å². The number of nitrogens with one attached hydrogen (secondary N) is 2. The van der Waals surface area contributed by atoms with E-state index in [0.29, 0.717) is 11.0 Å². The van der Waals surface area contributed by atoms with E-state index >= 15 is 0 Å². The van der Waals surface area contributed by atoms with Gasteiger partial charge in [0, 0.05) is 5.56 Å². The molecule has 1 amide bonds. The van der Waals surface area contributed by atoms with Gasteiger partial charge in [0.05, 0.1) is 18.9 Å². The van der Waals surface area contributed by atoms with Crippen LogP contribution < -0.4 is 10.1 Å². The van der Waals surface area contributed by atoms with Gasteiger partial charge in [0.25, 0.3) is 0 Å². The molecule has 8 heteroatoms. The third kappa shape index (κ3) is 4.12. The van der Waals surface area contributed by atoms with Gasteiger partial charge in [-0.05, 0) is 49.9 Å². The molecular formula is C17H19N5O2S. The number of hydrogen-bond acceptors (Lipinski definition) is 6. The molecule has 1 fully saturated rings. The average molecular weight is 357 g/mol. The number of carbonyl (C=O) groups is 1. The van der Waals surface area contributed by atoms with E-state index in [1.54, 1.807) is 14.0 Å². The summed E-state index contributed by atoms with van der Waals surface area (Å²) < 4.78 is 5.13. The number of nitriles is 1. The molecule has 0 unspecified atom stereocenters. The summed E-state index contributed by atoms with van der Waals surface area (Å²) in [5.74, 6) is 1.65. The maximum Gasteiger partial charge on any atom is 0.231 e. The number of aromatic nitrogens is 3. The minimum Gasteiger partial charge on any atom is -0.497 e. The number of rotatable bonds is 7. The Kier molecular flexibility index (Phi) is 4.95. The van der Waals surface area contributed by atoms with E-state index in [1.165, 1.54) is 11.8 Å². The number of amides is 1. The topological polar surface area (TPSA) is 104 Å². The lowest BCUT2D eigenvalue weighted by atomic mass is 9.98. The number of methoxy groups -OCH3 is 1. The van der Waals surface area contributed by atoms with Crippen LogP contribution in [-0.2, 0) is 4.79 Å². The van der Waals surface area contributed by atoms with E-state index < -0.39 is 5.54 Å². The zero-order valence-electron chi connectivity index (χ0n) is 14.1. The molecule has 1 aromatic carbocycles. The van der Waals surface area contributed by atoms with Gasteiger partial charge in [0.1, 0.15) is 11.3 Å². The van der Waals surface area contributed by atoms with Crippen LogP contribution in [-0.4, -0.2) is 39.5 Å². The smallest absolute Gasteiger partial charge is 0.231 e. The first-order valence-electron chi connectivity index (χ1n) is 7.96. The molecule has 3 rings (SSSR count). The van der Waals surface area contributed by atoms with E-state index in [-0.39, 0.29) is 17.6 Å². The van der Waals surface area contributed by atoms with Crippen molar-refractivity contribution in [3.05, 3.63) is 24.3 Å². The van der Waals surface area contributed by atoms with Crippen molar-refractivity contribution in [2.45, 2.75) is 30.5 Å². The first kappa shape index (κ1) is 17.3. The van der Waals surface area contributed by atoms with Crippen LogP contribution >= 0.6 is 11.8 Å². The second-order valence-electron chi connectivity index (χ2n) is 6.12. The Bertz CT molecular complexity index is 794. The molecule has 0 saturated heterocycles. The van der Waals surface area contributed by atoms with Crippen molar-refractivity contribution in [1.29, 1.82) is 5.26 Å². The summed E-state index contributed by atoms with van der Waals surface area (Å²) in [4.78, 5) is 16.5. The fraction of sp³-hybridized carbons (Fsp3) is 0.412. The highest BCUT2D eigenvalue weighted by atomic mass is 32.2. The molecule has 0 radical (unpaired) electrons. The van der Waals surface area contributed by atoms with Crippen LogP contribution in [0.3, 0.4) is 0 Å². The molecule has 7 nitrogen and oxygen atoms in total. The highest BCUT2D eigenvalue weighted by Crippen LogP contribution is 2.39. The van der Waals surface area contributed by atoms with E-state index in [2.05, 4.69) is 26.6 Å². The van der Waals surface area contributed by atoms with E-state index in [9.17, 15) is 10.1 Å². The number of benzene rings is 1. The summed E-state index contributed by atoms with van der Waals surface area (Å²) >= 11 is 1.24. The van der Waals surface area contributed by atoms with Crippen molar-refractivity contribution < 1.29 is 9.53 Å². The molecule has 1 heterocycles. The zero-order chi connectivity index (χ0) is 17.9. The Morgan fingerprint density at radius 1 is 1.48 bits per heavy atom. The van der Waals surface area contributed by atoms with Gasteiger partial charge in [-0.2, -0.15) is 5.26 Å². The Morgan fingerprint density at radius 2 is 2.20 bits per heavy atom. The molecular weight excluding hydrogens is 338 g/mol. The molecule has 1 saturated carbocycles. The number of aromatic amines is 1. The summed E-state index contributed by atoms with van der Waals surface area (Å²) in [7, 11) is 1.61. The number of carbonyl (C=O) groups excluding carboxylic acids is 1. The van der Waals surface area contributed by atoms with Gasteiger partial charge in [-0.3, -0.25) is 9.89 Å². The molecule has 1 aliphatic rings. The van der Waals surface area contributed by atoms with Crippen LogP contribution in [0.2, 0.25) is 0 Å². The minimum absolute atomic E-state index is 0.171. The lowest BCUT2D eigenvalue weighted by Gasteiger charge is -2.22. The SMILES string of the molecule is COc1ccc(-c2nc(SCC(=O)N[C@@](C)(C#N)C3CC3)n[nH]2)cc1. The molecule has 1 atom stereocenters. The molecule has 2 aromatic rings. The Morgan fingerprint density at radius 3 is 2.80 bits per heavy atom. The number of thioether (sulfide) groups is 1.